The maximum Gasteiger partial charge on any atom is 0.321 e. The number of piperidine rings is 1. The lowest BCUT2D eigenvalue weighted by molar-refractivity contribution is 0.102. The predicted octanol–water partition coefficient (Wildman–Crippen LogP) is 4.96. The van der Waals surface area contributed by atoms with Crippen molar-refractivity contribution in [3.8, 4) is 0 Å². The number of likely N-dealkylation sites (tertiary alicyclic amines) is 1. The number of halogens is 1. The van der Waals surface area contributed by atoms with Crippen molar-refractivity contribution < 1.29 is 14.0 Å². The van der Waals surface area contributed by atoms with Crippen LogP contribution in [0.5, 0.6) is 0 Å². The highest BCUT2D eigenvalue weighted by Gasteiger charge is 2.28. The zero-order valence-electron chi connectivity index (χ0n) is 17.9. The van der Waals surface area contributed by atoms with Crippen LogP contribution >= 0.6 is 11.3 Å². The SMILES string of the molecule is Cc1cccc(NC(=O)N2CCCC(c3nnc(C(=O)Nc4ccc(F)cc4)s3)C2)c1C. The fraction of sp³-hybridized carbons (Fsp3) is 0.304. The number of nitrogens with one attached hydrogen (secondary N) is 2. The molecule has 1 aliphatic heterocycles. The van der Waals surface area contributed by atoms with E-state index in [4.69, 9.17) is 0 Å². The lowest BCUT2D eigenvalue weighted by atomic mass is 9.99. The summed E-state index contributed by atoms with van der Waals surface area (Å²) in [7, 11) is 0. The summed E-state index contributed by atoms with van der Waals surface area (Å²) in [5.41, 5.74) is 3.47. The van der Waals surface area contributed by atoms with E-state index in [0.717, 1.165) is 34.7 Å². The third kappa shape index (κ3) is 4.94. The summed E-state index contributed by atoms with van der Waals surface area (Å²) in [6.07, 6.45) is 1.73. The number of urea groups is 1. The lowest BCUT2D eigenvalue weighted by Gasteiger charge is -2.31. The number of aromatic nitrogens is 2. The molecule has 4 rings (SSSR count). The second-order valence-corrected chi connectivity index (χ2v) is 8.88. The Morgan fingerprint density at radius 1 is 1.09 bits per heavy atom. The molecule has 0 radical (unpaired) electrons. The molecule has 2 heterocycles. The third-order valence-electron chi connectivity index (χ3n) is 5.64. The molecule has 1 fully saturated rings. The number of carbonyl (C=O) groups excluding carboxylic acids is 2. The number of rotatable bonds is 4. The standard InChI is InChI=1S/C23H24FN5O2S/c1-14-5-3-7-19(15(14)2)26-23(31)29-12-4-6-16(13-29)21-27-28-22(32-21)20(30)25-18-10-8-17(24)9-11-18/h3,5,7-11,16H,4,6,12-13H2,1-2H3,(H,25,30)(H,26,31). The first-order chi connectivity index (χ1) is 15.4. The Kier molecular flexibility index (Phi) is 6.45. The smallest absolute Gasteiger partial charge is 0.321 e. The maximum absolute atomic E-state index is 13.0. The van der Waals surface area contributed by atoms with Gasteiger partial charge in [-0.05, 0) is 68.1 Å². The molecule has 9 heteroatoms. The molecule has 0 bridgehead atoms. The van der Waals surface area contributed by atoms with Gasteiger partial charge < -0.3 is 15.5 Å². The lowest BCUT2D eigenvalue weighted by Crippen LogP contribution is -2.41. The number of amides is 3. The molecular weight excluding hydrogens is 429 g/mol. The van der Waals surface area contributed by atoms with Crippen molar-refractivity contribution in [1.29, 1.82) is 0 Å². The Labute approximate surface area is 189 Å². The van der Waals surface area contributed by atoms with Crippen LogP contribution in [0.3, 0.4) is 0 Å². The molecule has 0 spiro atoms. The molecule has 2 aromatic carbocycles. The van der Waals surface area contributed by atoms with E-state index < -0.39 is 0 Å². The topological polar surface area (TPSA) is 87.2 Å². The van der Waals surface area contributed by atoms with E-state index >= 15 is 0 Å². The number of benzene rings is 2. The van der Waals surface area contributed by atoms with Gasteiger partial charge in [0.1, 0.15) is 10.8 Å². The molecule has 0 saturated carbocycles. The summed E-state index contributed by atoms with van der Waals surface area (Å²) in [5, 5.41) is 14.9. The number of aryl methyl sites for hydroxylation is 1. The second-order valence-electron chi connectivity index (χ2n) is 7.87. The Morgan fingerprint density at radius 2 is 1.88 bits per heavy atom. The Morgan fingerprint density at radius 3 is 2.66 bits per heavy atom. The highest BCUT2D eigenvalue weighted by Crippen LogP contribution is 2.30. The van der Waals surface area contributed by atoms with Crippen LogP contribution in [-0.2, 0) is 0 Å². The quantitative estimate of drug-likeness (QED) is 0.585. The minimum atomic E-state index is -0.388. The van der Waals surface area contributed by atoms with Gasteiger partial charge in [0, 0.05) is 30.4 Å². The molecule has 2 N–H and O–H groups in total. The van der Waals surface area contributed by atoms with Crippen molar-refractivity contribution in [3.05, 3.63) is 69.4 Å². The van der Waals surface area contributed by atoms with Crippen LogP contribution in [0.25, 0.3) is 0 Å². The van der Waals surface area contributed by atoms with Gasteiger partial charge >= 0.3 is 6.03 Å². The molecule has 0 aliphatic carbocycles. The van der Waals surface area contributed by atoms with Gasteiger partial charge in [0.05, 0.1) is 0 Å². The van der Waals surface area contributed by atoms with Crippen LogP contribution in [-0.4, -0.2) is 40.1 Å². The summed E-state index contributed by atoms with van der Waals surface area (Å²) in [4.78, 5) is 27.1. The minimum Gasteiger partial charge on any atom is -0.324 e. The van der Waals surface area contributed by atoms with Crippen molar-refractivity contribution in [2.75, 3.05) is 23.7 Å². The van der Waals surface area contributed by atoms with E-state index in [1.165, 1.54) is 35.6 Å². The minimum absolute atomic E-state index is 0.0259. The highest BCUT2D eigenvalue weighted by atomic mass is 32.1. The van der Waals surface area contributed by atoms with Crippen LogP contribution in [0, 0.1) is 19.7 Å². The summed E-state index contributed by atoms with van der Waals surface area (Å²) < 4.78 is 13.0. The number of nitrogens with zero attached hydrogens (tertiary/aromatic N) is 3. The van der Waals surface area contributed by atoms with Crippen molar-refractivity contribution in [2.45, 2.75) is 32.6 Å². The van der Waals surface area contributed by atoms with E-state index in [1.54, 1.807) is 4.90 Å². The molecule has 1 atom stereocenters. The molecule has 32 heavy (non-hydrogen) atoms. The zero-order chi connectivity index (χ0) is 22.7. The van der Waals surface area contributed by atoms with Crippen molar-refractivity contribution in [1.82, 2.24) is 15.1 Å². The van der Waals surface area contributed by atoms with E-state index in [-0.39, 0.29) is 28.7 Å². The van der Waals surface area contributed by atoms with E-state index in [2.05, 4.69) is 20.8 Å². The van der Waals surface area contributed by atoms with Crippen LogP contribution in [0.2, 0.25) is 0 Å². The van der Waals surface area contributed by atoms with Gasteiger partial charge in [-0.15, -0.1) is 10.2 Å². The Balaban J connectivity index is 1.39. The van der Waals surface area contributed by atoms with E-state index in [0.29, 0.717) is 18.8 Å². The van der Waals surface area contributed by atoms with Gasteiger partial charge in [-0.1, -0.05) is 23.5 Å². The molecule has 1 unspecified atom stereocenters. The first-order valence-corrected chi connectivity index (χ1v) is 11.2. The summed E-state index contributed by atoms with van der Waals surface area (Å²) >= 11 is 1.23. The summed E-state index contributed by atoms with van der Waals surface area (Å²) in [6, 6.07) is 11.2. The van der Waals surface area contributed by atoms with Gasteiger partial charge in [-0.2, -0.15) is 0 Å². The number of hydrogen-bond donors (Lipinski definition) is 2. The average Bonchev–Trinajstić information content (AvgIpc) is 3.29. The van der Waals surface area contributed by atoms with Gasteiger partial charge in [0.15, 0.2) is 0 Å². The van der Waals surface area contributed by atoms with Crippen LogP contribution in [0.15, 0.2) is 42.5 Å². The van der Waals surface area contributed by atoms with Crippen molar-refractivity contribution >= 4 is 34.6 Å². The molecule has 1 aliphatic rings. The molecule has 166 valence electrons. The van der Waals surface area contributed by atoms with E-state index in [9.17, 15) is 14.0 Å². The number of hydrogen-bond acceptors (Lipinski definition) is 5. The van der Waals surface area contributed by atoms with Crippen LogP contribution in [0.1, 0.15) is 44.7 Å². The monoisotopic (exact) mass is 453 g/mol. The fourth-order valence-corrected chi connectivity index (χ4v) is 4.52. The van der Waals surface area contributed by atoms with Gasteiger partial charge in [0.2, 0.25) is 5.01 Å². The first kappa shape index (κ1) is 21.9. The van der Waals surface area contributed by atoms with Gasteiger partial charge in [-0.25, -0.2) is 9.18 Å². The normalized spacial score (nSPS) is 16.0. The zero-order valence-corrected chi connectivity index (χ0v) is 18.7. The molecule has 7 nitrogen and oxygen atoms in total. The predicted molar refractivity (Wildman–Crippen MR) is 123 cm³/mol. The highest BCUT2D eigenvalue weighted by molar-refractivity contribution is 7.13. The van der Waals surface area contributed by atoms with Crippen LogP contribution in [0.4, 0.5) is 20.6 Å². The van der Waals surface area contributed by atoms with E-state index in [1.807, 2.05) is 32.0 Å². The number of carbonyl (C=O) groups is 2. The average molecular weight is 454 g/mol. The van der Waals surface area contributed by atoms with Crippen molar-refractivity contribution in [3.63, 3.8) is 0 Å². The Hall–Kier alpha value is -3.33. The Bertz CT molecular complexity index is 1130. The molecule has 3 amide bonds. The molecule has 3 aromatic rings. The fourth-order valence-electron chi connectivity index (χ4n) is 3.65. The van der Waals surface area contributed by atoms with Gasteiger partial charge in [0.25, 0.3) is 5.91 Å². The third-order valence-corrected chi connectivity index (χ3v) is 6.73. The first-order valence-electron chi connectivity index (χ1n) is 10.4. The van der Waals surface area contributed by atoms with Crippen molar-refractivity contribution in [2.24, 2.45) is 0 Å². The second kappa shape index (κ2) is 9.44. The molecular formula is C23H24FN5O2S. The maximum atomic E-state index is 13.0. The summed E-state index contributed by atoms with van der Waals surface area (Å²) in [5.74, 6) is -0.733. The number of anilines is 2. The van der Waals surface area contributed by atoms with Gasteiger partial charge in [-0.3, -0.25) is 4.79 Å². The molecule has 1 saturated heterocycles. The summed E-state index contributed by atoms with van der Waals surface area (Å²) in [6.45, 7) is 5.19. The largest absolute Gasteiger partial charge is 0.324 e. The molecule has 1 aromatic heterocycles. The van der Waals surface area contributed by atoms with Crippen LogP contribution < -0.4 is 10.6 Å².